The van der Waals surface area contributed by atoms with Gasteiger partial charge in [0.1, 0.15) is 5.54 Å². The number of fused-ring (bicyclic) bond motifs is 1. The number of likely N-dealkylation sites (tertiary alicyclic amines) is 1. The van der Waals surface area contributed by atoms with Crippen LogP contribution < -0.4 is 10.6 Å². The molecule has 0 aliphatic carbocycles. The number of nitrogens with one attached hydrogen (secondary N) is 2. The van der Waals surface area contributed by atoms with Gasteiger partial charge in [0.2, 0.25) is 5.91 Å². The van der Waals surface area contributed by atoms with Crippen molar-refractivity contribution in [1.82, 2.24) is 9.88 Å². The van der Waals surface area contributed by atoms with Crippen LogP contribution in [0.1, 0.15) is 24.1 Å². The molecule has 1 fully saturated rings. The van der Waals surface area contributed by atoms with Gasteiger partial charge in [0.05, 0.1) is 17.1 Å². The Labute approximate surface area is 142 Å². The third-order valence-electron chi connectivity index (χ3n) is 5.18. The van der Waals surface area contributed by atoms with Crippen molar-refractivity contribution in [1.29, 1.82) is 0 Å². The van der Waals surface area contributed by atoms with E-state index >= 15 is 0 Å². The minimum Gasteiger partial charge on any atom is -0.369 e. The van der Waals surface area contributed by atoms with Gasteiger partial charge >= 0.3 is 0 Å². The van der Waals surface area contributed by atoms with E-state index in [-0.39, 0.29) is 5.91 Å². The molecule has 0 atom stereocenters. The lowest BCUT2D eigenvalue weighted by atomic mass is 9.84. The highest BCUT2D eigenvalue weighted by atomic mass is 16.2. The van der Waals surface area contributed by atoms with Crippen molar-refractivity contribution in [2.45, 2.75) is 31.8 Å². The maximum Gasteiger partial charge on any atom is 0.250 e. The van der Waals surface area contributed by atoms with Gasteiger partial charge in [-0.1, -0.05) is 18.2 Å². The van der Waals surface area contributed by atoms with Gasteiger partial charge in [-0.25, -0.2) is 0 Å². The Morgan fingerprint density at radius 1 is 1.12 bits per heavy atom. The second-order valence-corrected chi connectivity index (χ2v) is 6.75. The molecule has 124 valence electrons. The van der Waals surface area contributed by atoms with Gasteiger partial charge in [-0.05, 0) is 43.5 Å². The molecule has 2 aromatic rings. The van der Waals surface area contributed by atoms with Gasteiger partial charge < -0.3 is 10.6 Å². The van der Waals surface area contributed by atoms with E-state index in [9.17, 15) is 4.79 Å². The normalized spacial score (nSPS) is 19.5. The van der Waals surface area contributed by atoms with Gasteiger partial charge in [-0.3, -0.25) is 14.7 Å². The number of aromatic nitrogens is 1. The summed E-state index contributed by atoms with van der Waals surface area (Å²) in [6.07, 6.45) is 3.46. The van der Waals surface area contributed by atoms with Crippen LogP contribution in [0.15, 0.2) is 42.6 Å². The standard InChI is InChI=1S/C19H22N4O/c1-14-5-4-10-20-17(14)13-23-11-8-19(9-12-23)18(24)21-15-6-2-3-7-16(15)22-19/h2-7,10,22H,8-9,11-13H2,1H3,(H,21,24). The Morgan fingerprint density at radius 3 is 2.62 bits per heavy atom. The minimum absolute atomic E-state index is 0.0925. The number of carbonyl (C=O) groups excluding carboxylic acids is 1. The van der Waals surface area contributed by atoms with Crippen molar-refractivity contribution < 1.29 is 4.79 Å². The summed E-state index contributed by atoms with van der Waals surface area (Å²) < 4.78 is 0. The summed E-state index contributed by atoms with van der Waals surface area (Å²) in [5.74, 6) is 0.0925. The van der Waals surface area contributed by atoms with E-state index < -0.39 is 5.54 Å². The van der Waals surface area contributed by atoms with Crippen molar-refractivity contribution in [2.75, 3.05) is 23.7 Å². The van der Waals surface area contributed by atoms with Crippen LogP contribution in [-0.2, 0) is 11.3 Å². The van der Waals surface area contributed by atoms with E-state index in [0.717, 1.165) is 49.5 Å². The number of pyridine rings is 1. The maximum absolute atomic E-state index is 12.6. The molecular formula is C19H22N4O. The number of piperidine rings is 1. The summed E-state index contributed by atoms with van der Waals surface area (Å²) in [5.41, 5.74) is 3.76. The highest BCUT2D eigenvalue weighted by Gasteiger charge is 2.44. The molecule has 1 saturated heterocycles. The summed E-state index contributed by atoms with van der Waals surface area (Å²) in [6, 6.07) is 12.0. The quantitative estimate of drug-likeness (QED) is 0.893. The third kappa shape index (κ3) is 2.65. The highest BCUT2D eigenvalue weighted by Crippen LogP contribution is 2.36. The van der Waals surface area contributed by atoms with Gasteiger partial charge in [0.25, 0.3) is 0 Å². The van der Waals surface area contributed by atoms with E-state index in [1.165, 1.54) is 5.56 Å². The molecule has 0 bridgehead atoms. The molecule has 2 N–H and O–H groups in total. The number of nitrogens with zero attached hydrogens (tertiary/aromatic N) is 2. The molecule has 1 spiro atoms. The van der Waals surface area contributed by atoms with Crippen LogP contribution in [0.25, 0.3) is 0 Å². The molecule has 5 heteroatoms. The number of aryl methyl sites for hydroxylation is 1. The number of benzene rings is 1. The van der Waals surface area contributed by atoms with Crippen LogP contribution in [0, 0.1) is 6.92 Å². The van der Waals surface area contributed by atoms with Crippen molar-refractivity contribution in [3.8, 4) is 0 Å². The van der Waals surface area contributed by atoms with E-state index in [1.54, 1.807) is 0 Å². The van der Waals surface area contributed by atoms with Gasteiger partial charge in [0, 0.05) is 25.8 Å². The molecule has 5 nitrogen and oxygen atoms in total. The highest BCUT2D eigenvalue weighted by molar-refractivity contribution is 6.06. The molecule has 3 heterocycles. The summed E-state index contributed by atoms with van der Waals surface area (Å²) in [7, 11) is 0. The fourth-order valence-corrected chi connectivity index (χ4v) is 3.60. The minimum atomic E-state index is -0.482. The molecule has 24 heavy (non-hydrogen) atoms. The number of para-hydroxylation sites is 2. The fourth-order valence-electron chi connectivity index (χ4n) is 3.60. The first-order valence-corrected chi connectivity index (χ1v) is 8.48. The Bertz CT molecular complexity index is 765. The molecule has 4 rings (SSSR count). The molecule has 0 radical (unpaired) electrons. The number of amides is 1. The fraction of sp³-hybridized carbons (Fsp3) is 0.368. The number of carbonyl (C=O) groups is 1. The number of rotatable bonds is 2. The molecule has 0 unspecified atom stereocenters. The lowest BCUT2D eigenvalue weighted by Gasteiger charge is -2.44. The second kappa shape index (κ2) is 5.91. The first kappa shape index (κ1) is 15.1. The van der Waals surface area contributed by atoms with Gasteiger partial charge in [-0.2, -0.15) is 0 Å². The Kier molecular flexibility index (Phi) is 3.73. The lowest BCUT2D eigenvalue weighted by molar-refractivity contribution is -0.122. The molecule has 1 aromatic heterocycles. The SMILES string of the molecule is Cc1cccnc1CN1CCC2(CC1)Nc1ccccc1NC2=O. The molecular weight excluding hydrogens is 300 g/mol. The second-order valence-electron chi connectivity index (χ2n) is 6.75. The Morgan fingerprint density at radius 2 is 1.88 bits per heavy atom. The molecule has 2 aliphatic rings. The van der Waals surface area contributed by atoms with Crippen LogP contribution >= 0.6 is 0 Å². The zero-order chi connectivity index (χ0) is 16.6. The average molecular weight is 322 g/mol. The van der Waals surface area contributed by atoms with E-state index in [1.807, 2.05) is 36.5 Å². The maximum atomic E-state index is 12.6. The largest absolute Gasteiger partial charge is 0.369 e. The van der Waals surface area contributed by atoms with Crippen LogP contribution in [0.2, 0.25) is 0 Å². The third-order valence-corrected chi connectivity index (χ3v) is 5.18. The lowest BCUT2D eigenvalue weighted by Crippen LogP contribution is -2.58. The van der Waals surface area contributed by atoms with Crippen LogP contribution in [0.5, 0.6) is 0 Å². The van der Waals surface area contributed by atoms with Crippen molar-refractivity contribution in [2.24, 2.45) is 0 Å². The van der Waals surface area contributed by atoms with Crippen LogP contribution in [0.4, 0.5) is 11.4 Å². The zero-order valence-corrected chi connectivity index (χ0v) is 13.9. The monoisotopic (exact) mass is 322 g/mol. The Hall–Kier alpha value is -2.40. The number of anilines is 2. The molecule has 1 amide bonds. The average Bonchev–Trinajstić information content (AvgIpc) is 2.60. The first-order valence-electron chi connectivity index (χ1n) is 8.48. The van der Waals surface area contributed by atoms with Gasteiger partial charge in [0.15, 0.2) is 0 Å². The van der Waals surface area contributed by atoms with E-state index in [4.69, 9.17) is 0 Å². The predicted octanol–water partition coefficient (Wildman–Crippen LogP) is 2.79. The Balaban J connectivity index is 1.46. The molecule has 0 saturated carbocycles. The van der Waals surface area contributed by atoms with Crippen molar-refractivity contribution in [3.05, 3.63) is 53.9 Å². The summed E-state index contributed by atoms with van der Waals surface area (Å²) in [4.78, 5) is 19.5. The van der Waals surface area contributed by atoms with E-state index in [0.29, 0.717) is 0 Å². The summed E-state index contributed by atoms with van der Waals surface area (Å²) in [5, 5.41) is 6.57. The zero-order valence-electron chi connectivity index (χ0n) is 13.9. The number of hydrogen-bond donors (Lipinski definition) is 2. The van der Waals surface area contributed by atoms with Gasteiger partial charge in [-0.15, -0.1) is 0 Å². The summed E-state index contributed by atoms with van der Waals surface area (Å²) in [6.45, 7) is 4.72. The molecule has 1 aromatic carbocycles. The van der Waals surface area contributed by atoms with Crippen LogP contribution in [-0.4, -0.2) is 34.4 Å². The van der Waals surface area contributed by atoms with E-state index in [2.05, 4.69) is 33.5 Å². The smallest absolute Gasteiger partial charge is 0.250 e. The predicted molar refractivity (Wildman–Crippen MR) is 94.9 cm³/mol. The molecule has 2 aliphatic heterocycles. The first-order chi connectivity index (χ1) is 11.7. The number of hydrogen-bond acceptors (Lipinski definition) is 4. The topological polar surface area (TPSA) is 57.3 Å². The van der Waals surface area contributed by atoms with Crippen molar-refractivity contribution >= 4 is 17.3 Å². The van der Waals surface area contributed by atoms with Crippen LogP contribution in [0.3, 0.4) is 0 Å². The van der Waals surface area contributed by atoms with Crippen molar-refractivity contribution in [3.63, 3.8) is 0 Å². The summed E-state index contributed by atoms with van der Waals surface area (Å²) >= 11 is 0.